The summed E-state index contributed by atoms with van der Waals surface area (Å²) in [4.78, 5) is 8.44. The van der Waals surface area contributed by atoms with Gasteiger partial charge in [0.2, 0.25) is 5.88 Å². The molecule has 2 N–H and O–H groups in total. The molecule has 4 rings (SSSR count). The number of aromatic hydroxyl groups is 1. The highest BCUT2D eigenvalue weighted by molar-refractivity contribution is 6.20. The lowest BCUT2D eigenvalue weighted by Crippen LogP contribution is -1.88. The molecule has 2 aromatic heterocycles. The number of furan rings is 1. The van der Waals surface area contributed by atoms with Crippen LogP contribution >= 0.6 is 0 Å². The second-order valence-corrected chi connectivity index (χ2v) is 5.45. The number of hydrogen-bond acceptors (Lipinski definition) is 6. The molecule has 0 saturated carbocycles. The van der Waals surface area contributed by atoms with Gasteiger partial charge >= 0.3 is 0 Å². The largest absolute Gasteiger partial charge is 0.504 e. The molecule has 0 unspecified atom stereocenters. The zero-order valence-corrected chi connectivity index (χ0v) is 13.4. The molecule has 0 fully saturated rings. The summed E-state index contributed by atoms with van der Waals surface area (Å²) in [5, 5.41) is 13.2. The quantitative estimate of drug-likeness (QED) is 0.740. The molecule has 3 aromatic rings. The third-order valence-corrected chi connectivity index (χ3v) is 3.81. The van der Waals surface area contributed by atoms with Gasteiger partial charge in [-0.25, -0.2) is 9.98 Å². The minimum atomic E-state index is 0.0502. The van der Waals surface area contributed by atoms with Gasteiger partial charge in [0, 0.05) is 35.3 Å². The number of pyridine rings is 1. The molecule has 0 aliphatic carbocycles. The van der Waals surface area contributed by atoms with Crippen molar-refractivity contribution in [2.45, 2.75) is 0 Å². The van der Waals surface area contributed by atoms with Crippen molar-refractivity contribution in [3.8, 4) is 11.5 Å². The lowest BCUT2D eigenvalue weighted by molar-refractivity contribution is 0.415. The Morgan fingerprint density at radius 2 is 2.04 bits per heavy atom. The summed E-state index contributed by atoms with van der Waals surface area (Å²) in [5.74, 6) is 2.28. The summed E-state index contributed by atoms with van der Waals surface area (Å²) >= 11 is 0. The van der Waals surface area contributed by atoms with Gasteiger partial charge in [-0.2, -0.15) is 0 Å². The second-order valence-electron chi connectivity index (χ2n) is 5.45. The number of rotatable bonds is 4. The van der Waals surface area contributed by atoms with E-state index < -0.39 is 0 Å². The molecular formula is C19H15N3O3. The van der Waals surface area contributed by atoms with Crippen LogP contribution in [0.25, 0.3) is 11.6 Å². The number of anilines is 2. The predicted octanol–water partition coefficient (Wildman–Crippen LogP) is 4.39. The van der Waals surface area contributed by atoms with Crippen LogP contribution in [0.2, 0.25) is 0 Å². The van der Waals surface area contributed by atoms with Gasteiger partial charge in [-0.1, -0.05) is 0 Å². The Hall–Kier alpha value is -3.54. The first-order valence-electron chi connectivity index (χ1n) is 7.68. The Bertz CT molecular complexity index is 972. The topological polar surface area (TPSA) is 79.9 Å². The summed E-state index contributed by atoms with van der Waals surface area (Å²) in [6, 6.07) is 12.7. The minimum absolute atomic E-state index is 0.0502. The van der Waals surface area contributed by atoms with E-state index in [-0.39, 0.29) is 5.75 Å². The number of allylic oxidation sites excluding steroid dienone is 1. The van der Waals surface area contributed by atoms with E-state index in [2.05, 4.69) is 15.3 Å². The normalized spacial score (nSPS) is 13.9. The zero-order chi connectivity index (χ0) is 17.2. The van der Waals surface area contributed by atoms with Gasteiger partial charge in [-0.3, -0.25) is 0 Å². The van der Waals surface area contributed by atoms with Crippen molar-refractivity contribution in [2.24, 2.45) is 4.99 Å². The molecule has 1 aliphatic rings. The monoisotopic (exact) mass is 333 g/mol. The second kappa shape index (κ2) is 6.16. The molecule has 0 saturated heterocycles. The summed E-state index contributed by atoms with van der Waals surface area (Å²) in [5.41, 5.74) is 2.57. The van der Waals surface area contributed by atoms with Crippen molar-refractivity contribution in [2.75, 3.05) is 12.4 Å². The zero-order valence-electron chi connectivity index (χ0n) is 13.4. The third kappa shape index (κ3) is 2.97. The van der Waals surface area contributed by atoms with E-state index >= 15 is 0 Å². The highest BCUT2D eigenvalue weighted by atomic mass is 16.5. The van der Waals surface area contributed by atoms with E-state index in [1.165, 1.54) is 6.07 Å². The maximum Gasteiger partial charge on any atom is 0.201 e. The fourth-order valence-electron chi connectivity index (χ4n) is 2.56. The van der Waals surface area contributed by atoms with Crippen LogP contribution < -0.4 is 10.1 Å². The molecular weight excluding hydrogens is 318 g/mol. The first kappa shape index (κ1) is 15.0. The van der Waals surface area contributed by atoms with Crippen molar-refractivity contribution in [3.05, 3.63) is 60.0 Å². The van der Waals surface area contributed by atoms with E-state index in [1.54, 1.807) is 25.6 Å². The van der Waals surface area contributed by atoms with Crippen LogP contribution in [0, 0.1) is 0 Å². The van der Waals surface area contributed by atoms with E-state index in [0.717, 1.165) is 22.6 Å². The smallest absolute Gasteiger partial charge is 0.201 e. The lowest BCUT2D eigenvalue weighted by atomic mass is 10.1. The van der Waals surface area contributed by atoms with E-state index in [4.69, 9.17) is 9.15 Å². The fourth-order valence-corrected chi connectivity index (χ4v) is 2.56. The number of ether oxygens (including phenoxy) is 1. The lowest BCUT2D eigenvalue weighted by Gasteiger charge is -2.04. The molecule has 124 valence electrons. The Balaban J connectivity index is 1.59. The van der Waals surface area contributed by atoms with Gasteiger partial charge in [-0.15, -0.1) is 0 Å². The standard InChI is InChI=1S/C19H15N3O3/c1-24-14-6-4-13(5-7-14)22-18-10-16(23)17(25-18)9-12-11-21-19-15(12)3-2-8-20-19/h2-11,22-23H,1H3. The number of hydrogen-bond donors (Lipinski definition) is 2. The van der Waals surface area contributed by atoms with Crippen molar-refractivity contribution in [1.29, 1.82) is 0 Å². The van der Waals surface area contributed by atoms with Gasteiger partial charge in [0.05, 0.1) is 7.11 Å². The van der Waals surface area contributed by atoms with Gasteiger partial charge < -0.3 is 19.6 Å². The molecule has 6 heteroatoms. The first-order valence-corrected chi connectivity index (χ1v) is 7.68. The number of nitrogens with zero attached hydrogens (tertiary/aromatic N) is 2. The summed E-state index contributed by atoms with van der Waals surface area (Å²) in [7, 11) is 1.62. The van der Waals surface area contributed by atoms with E-state index in [1.807, 2.05) is 36.4 Å². The average molecular weight is 333 g/mol. The number of fused-ring (bicyclic) bond motifs is 1. The van der Waals surface area contributed by atoms with Crippen molar-refractivity contribution in [1.82, 2.24) is 4.98 Å². The van der Waals surface area contributed by atoms with Gasteiger partial charge in [0.15, 0.2) is 17.3 Å². The molecule has 0 radical (unpaired) electrons. The van der Waals surface area contributed by atoms with Crippen LogP contribution in [0.15, 0.2) is 58.1 Å². The molecule has 3 heterocycles. The van der Waals surface area contributed by atoms with Crippen molar-refractivity contribution >= 4 is 35.3 Å². The van der Waals surface area contributed by atoms with Crippen LogP contribution in [0.1, 0.15) is 11.3 Å². The van der Waals surface area contributed by atoms with Gasteiger partial charge in [0.1, 0.15) is 5.75 Å². The van der Waals surface area contributed by atoms with Crippen LogP contribution in [-0.2, 0) is 0 Å². The minimum Gasteiger partial charge on any atom is -0.504 e. The highest BCUT2D eigenvalue weighted by Crippen LogP contribution is 2.35. The number of methoxy groups -OCH3 is 1. The Kier molecular flexibility index (Phi) is 3.70. The summed E-state index contributed by atoms with van der Waals surface area (Å²) in [6.45, 7) is 0. The predicted molar refractivity (Wildman–Crippen MR) is 96.9 cm³/mol. The van der Waals surface area contributed by atoms with E-state index in [0.29, 0.717) is 17.5 Å². The van der Waals surface area contributed by atoms with E-state index in [9.17, 15) is 5.11 Å². The molecule has 0 amide bonds. The van der Waals surface area contributed by atoms with Crippen LogP contribution in [-0.4, -0.2) is 23.4 Å². The fraction of sp³-hybridized carbons (Fsp3) is 0.0526. The summed E-state index contributed by atoms with van der Waals surface area (Å²) in [6.07, 6.45) is 5.14. The number of aromatic nitrogens is 1. The first-order chi connectivity index (χ1) is 12.2. The van der Waals surface area contributed by atoms with Gasteiger partial charge in [-0.05, 0) is 42.5 Å². The van der Waals surface area contributed by atoms with Crippen LogP contribution in [0.4, 0.5) is 17.4 Å². The number of nitrogens with one attached hydrogen (secondary N) is 1. The number of benzene rings is 1. The molecule has 6 nitrogen and oxygen atoms in total. The molecule has 1 aromatic carbocycles. The molecule has 0 spiro atoms. The molecule has 0 bridgehead atoms. The SMILES string of the molecule is COc1ccc(Nc2cc(O)c(C=C3C=Nc4ncccc43)o2)cc1. The van der Waals surface area contributed by atoms with Crippen molar-refractivity contribution < 1.29 is 14.3 Å². The molecule has 0 atom stereocenters. The van der Waals surface area contributed by atoms with Crippen LogP contribution in [0.5, 0.6) is 11.5 Å². The molecule has 25 heavy (non-hydrogen) atoms. The molecule has 1 aliphatic heterocycles. The maximum atomic E-state index is 10.1. The van der Waals surface area contributed by atoms with Gasteiger partial charge in [0.25, 0.3) is 0 Å². The average Bonchev–Trinajstić information content (AvgIpc) is 3.20. The Labute approximate surface area is 144 Å². The third-order valence-electron chi connectivity index (χ3n) is 3.81. The summed E-state index contributed by atoms with van der Waals surface area (Å²) < 4.78 is 10.8. The van der Waals surface area contributed by atoms with Crippen molar-refractivity contribution in [3.63, 3.8) is 0 Å². The van der Waals surface area contributed by atoms with Crippen LogP contribution in [0.3, 0.4) is 0 Å². The number of aliphatic imine (C=N–C) groups is 1. The Morgan fingerprint density at radius 3 is 2.84 bits per heavy atom. The maximum absolute atomic E-state index is 10.1. The highest BCUT2D eigenvalue weighted by Gasteiger charge is 2.15. The Morgan fingerprint density at radius 1 is 1.20 bits per heavy atom.